The molecule has 0 aromatic heterocycles. The molecular formula is C19H32IN3O3. The number of nitrogens with one attached hydrogen (secondary N) is 2. The SMILES string of the molecule is CCNC(=NCC(O)c1cc(OC)cc(OC)c1)NC1CCCCC1.I. The summed E-state index contributed by atoms with van der Waals surface area (Å²) in [5.41, 5.74) is 0.730. The summed E-state index contributed by atoms with van der Waals surface area (Å²) in [6, 6.07) is 5.88. The third kappa shape index (κ3) is 7.19. The number of hydrogen-bond acceptors (Lipinski definition) is 4. The molecule has 1 atom stereocenters. The van der Waals surface area contributed by atoms with Gasteiger partial charge in [0.2, 0.25) is 0 Å². The predicted molar refractivity (Wildman–Crippen MR) is 116 cm³/mol. The van der Waals surface area contributed by atoms with E-state index < -0.39 is 6.10 Å². The number of aliphatic imine (C=N–C) groups is 1. The second-order valence-corrected chi connectivity index (χ2v) is 6.36. The highest BCUT2D eigenvalue weighted by Gasteiger charge is 2.15. The van der Waals surface area contributed by atoms with Crippen LogP contribution in [-0.2, 0) is 0 Å². The van der Waals surface area contributed by atoms with Crippen LogP contribution in [0.3, 0.4) is 0 Å². The number of methoxy groups -OCH3 is 2. The highest BCUT2D eigenvalue weighted by molar-refractivity contribution is 14.0. The van der Waals surface area contributed by atoms with E-state index in [1.165, 1.54) is 32.1 Å². The fourth-order valence-electron chi connectivity index (χ4n) is 3.07. The summed E-state index contributed by atoms with van der Waals surface area (Å²) in [4.78, 5) is 4.56. The molecule has 2 rings (SSSR count). The monoisotopic (exact) mass is 477 g/mol. The van der Waals surface area contributed by atoms with E-state index in [9.17, 15) is 5.11 Å². The van der Waals surface area contributed by atoms with Crippen LogP contribution in [0.5, 0.6) is 11.5 Å². The Hall–Kier alpha value is -1.22. The second-order valence-electron chi connectivity index (χ2n) is 6.36. The fourth-order valence-corrected chi connectivity index (χ4v) is 3.07. The van der Waals surface area contributed by atoms with Crippen LogP contribution in [0.4, 0.5) is 0 Å². The van der Waals surface area contributed by atoms with Crippen molar-refractivity contribution in [3.8, 4) is 11.5 Å². The Balaban J connectivity index is 0.00000338. The van der Waals surface area contributed by atoms with E-state index >= 15 is 0 Å². The van der Waals surface area contributed by atoms with Crippen LogP contribution < -0.4 is 20.1 Å². The minimum Gasteiger partial charge on any atom is -0.497 e. The molecule has 0 saturated heterocycles. The minimum atomic E-state index is -0.717. The van der Waals surface area contributed by atoms with Crippen molar-refractivity contribution in [2.45, 2.75) is 51.2 Å². The molecule has 0 bridgehead atoms. The number of halogens is 1. The lowest BCUT2D eigenvalue weighted by molar-refractivity contribution is 0.186. The normalized spacial score (nSPS) is 16.4. The van der Waals surface area contributed by atoms with Gasteiger partial charge in [-0.25, -0.2) is 0 Å². The lowest BCUT2D eigenvalue weighted by atomic mass is 9.96. The molecule has 0 aliphatic heterocycles. The van der Waals surface area contributed by atoms with Crippen LogP contribution in [0.1, 0.15) is 50.7 Å². The highest BCUT2D eigenvalue weighted by atomic mass is 127. The lowest BCUT2D eigenvalue weighted by Crippen LogP contribution is -2.44. The van der Waals surface area contributed by atoms with Gasteiger partial charge in [0.25, 0.3) is 0 Å². The summed E-state index contributed by atoms with van der Waals surface area (Å²) in [5.74, 6) is 2.08. The topological polar surface area (TPSA) is 75.1 Å². The lowest BCUT2D eigenvalue weighted by Gasteiger charge is -2.25. The molecule has 1 aromatic carbocycles. The standard InChI is InChI=1S/C19H31N3O3.HI/c1-4-20-19(22-15-8-6-5-7-9-15)21-13-18(23)14-10-16(24-2)12-17(11-14)25-3;/h10-12,15,18,23H,4-9,13H2,1-3H3,(H2,20,21,22);1H. The van der Waals surface area contributed by atoms with Crippen molar-refractivity contribution in [1.29, 1.82) is 0 Å². The highest BCUT2D eigenvalue weighted by Crippen LogP contribution is 2.26. The van der Waals surface area contributed by atoms with Crippen molar-refractivity contribution in [2.24, 2.45) is 4.99 Å². The Bertz CT molecular complexity index is 541. The third-order valence-electron chi connectivity index (χ3n) is 4.47. The molecule has 148 valence electrons. The zero-order chi connectivity index (χ0) is 18.1. The first-order chi connectivity index (χ1) is 12.2. The van der Waals surface area contributed by atoms with Gasteiger partial charge in [0.15, 0.2) is 5.96 Å². The average molecular weight is 477 g/mol. The van der Waals surface area contributed by atoms with Crippen LogP contribution >= 0.6 is 24.0 Å². The number of ether oxygens (including phenoxy) is 2. The van der Waals surface area contributed by atoms with Crippen molar-refractivity contribution >= 4 is 29.9 Å². The summed E-state index contributed by atoms with van der Waals surface area (Å²) in [6.07, 6.45) is 5.50. The Labute approximate surface area is 173 Å². The van der Waals surface area contributed by atoms with E-state index in [0.29, 0.717) is 17.5 Å². The van der Waals surface area contributed by atoms with Gasteiger partial charge in [-0.2, -0.15) is 0 Å². The first-order valence-electron chi connectivity index (χ1n) is 9.12. The Kier molecular flexibility index (Phi) is 10.7. The molecule has 6 nitrogen and oxygen atoms in total. The van der Waals surface area contributed by atoms with Gasteiger partial charge in [0.1, 0.15) is 11.5 Å². The van der Waals surface area contributed by atoms with Crippen LogP contribution in [0.2, 0.25) is 0 Å². The summed E-state index contributed by atoms with van der Waals surface area (Å²) in [5, 5.41) is 17.3. The van der Waals surface area contributed by atoms with Gasteiger partial charge in [0, 0.05) is 18.7 Å². The van der Waals surface area contributed by atoms with Crippen molar-refractivity contribution in [3.63, 3.8) is 0 Å². The number of benzene rings is 1. The number of hydrogen-bond donors (Lipinski definition) is 3. The maximum absolute atomic E-state index is 10.5. The van der Waals surface area contributed by atoms with Gasteiger partial charge in [-0.05, 0) is 37.5 Å². The molecular weight excluding hydrogens is 445 g/mol. The van der Waals surface area contributed by atoms with E-state index in [1.807, 2.05) is 19.1 Å². The maximum Gasteiger partial charge on any atom is 0.191 e. The van der Waals surface area contributed by atoms with Gasteiger partial charge in [-0.15, -0.1) is 24.0 Å². The molecule has 1 aliphatic rings. The van der Waals surface area contributed by atoms with E-state index in [-0.39, 0.29) is 30.5 Å². The molecule has 0 heterocycles. The number of aliphatic hydroxyl groups excluding tert-OH is 1. The fraction of sp³-hybridized carbons (Fsp3) is 0.632. The van der Waals surface area contributed by atoms with Crippen molar-refractivity contribution in [3.05, 3.63) is 23.8 Å². The van der Waals surface area contributed by atoms with E-state index in [1.54, 1.807) is 20.3 Å². The molecule has 1 aliphatic carbocycles. The third-order valence-corrected chi connectivity index (χ3v) is 4.47. The molecule has 0 spiro atoms. The quantitative estimate of drug-likeness (QED) is 0.320. The van der Waals surface area contributed by atoms with Gasteiger partial charge >= 0.3 is 0 Å². The van der Waals surface area contributed by atoms with Crippen LogP contribution in [0.25, 0.3) is 0 Å². The van der Waals surface area contributed by atoms with Gasteiger partial charge in [-0.1, -0.05) is 19.3 Å². The molecule has 1 fully saturated rings. The van der Waals surface area contributed by atoms with E-state index in [0.717, 1.165) is 18.1 Å². The smallest absolute Gasteiger partial charge is 0.191 e. The summed E-state index contributed by atoms with van der Waals surface area (Å²) >= 11 is 0. The van der Waals surface area contributed by atoms with E-state index in [4.69, 9.17) is 9.47 Å². The molecule has 0 amide bonds. The Morgan fingerprint density at radius 2 is 1.77 bits per heavy atom. The van der Waals surface area contributed by atoms with Crippen LogP contribution in [0, 0.1) is 0 Å². The zero-order valence-electron chi connectivity index (χ0n) is 16.0. The molecule has 26 heavy (non-hydrogen) atoms. The predicted octanol–water partition coefficient (Wildman–Crippen LogP) is 3.24. The molecule has 1 aromatic rings. The minimum absolute atomic E-state index is 0. The molecule has 1 saturated carbocycles. The van der Waals surface area contributed by atoms with Gasteiger partial charge < -0.3 is 25.2 Å². The summed E-state index contributed by atoms with van der Waals surface area (Å²) in [7, 11) is 3.20. The molecule has 3 N–H and O–H groups in total. The number of aliphatic hydroxyl groups is 1. The van der Waals surface area contributed by atoms with Gasteiger partial charge in [0.05, 0.1) is 26.9 Å². The largest absolute Gasteiger partial charge is 0.497 e. The second kappa shape index (κ2) is 12.2. The van der Waals surface area contributed by atoms with Crippen molar-refractivity contribution < 1.29 is 14.6 Å². The van der Waals surface area contributed by atoms with Crippen LogP contribution in [-0.4, -0.2) is 44.4 Å². The molecule has 7 heteroatoms. The number of guanidine groups is 1. The first kappa shape index (κ1) is 22.8. The first-order valence-corrected chi connectivity index (χ1v) is 9.12. The van der Waals surface area contributed by atoms with Crippen molar-refractivity contribution in [2.75, 3.05) is 27.3 Å². The number of rotatable bonds is 7. The summed E-state index contributed by atoms with van der Waals surface area (Å²) < 4.78 is 10.5. The Morgan fingerprint density at radius 3 is 2.31 bits per heavy atom. The zero-order valence-corrected chi connectivity index (χ0v) is 18.3. The van der Waals surface area contributed by atoms with Crippen LogP contribution in [0.15, 0.2) is 23.2 Å². The molecule has 1 unspecified atom stereocenters. The summed E-state index contributed by atoms with van der Waals surface area (Å²) in [6.45, 7) is 3.11. The Morgan fingerprint density at radius 1 is 1.15 bits per heavy atom. The molecule has 0 radical (unpaired) electrons. The van der Waals surface area contributed by atoms with Crippen molar-refractivity contribution in [1.82, 2.24) is 10.6 Å². The maximum atomic E-state index is 10.5. The number of nitrogens with zero attached hydrogens (tertiary/aromatic N) is 1. The van der Waals surface area contributed by atoms with Gasteiger partial charge in [-0.3, -0.25) is 4.99 Å². The average Bonchev–Trinajstić information content (AvgIpc) is 2.66. The van der Waals surface area contributed by atoms with E-state index in [2.05, 4.69) is 15.6 Å².